The maximum Gasteiger partial charge on any atom is 0.0827 e. The Hall–Kier alpha value is -1.28. The first-order valence-corrected chi connectivity index (χ1v) is 6.40. The Morgan fingerprint density at radius 3 is 3.18 bits per heavy atom. The molecule has 0 saturated heterocycles. The Balaban J connectivity index is 1.73. The average Bonchev–Trinajstić information content (AvgIpc) is 2.82. The average molecular weight is 247 g/mol. The molecule has 0 saturated carbocycles. The number of nitrogens with one attached hydrogen (secondary N) is 1. The monoisotopic (exact) mass is 246 g/mol. The summed E-state index contributed by atoms with van der Waals surface area (Å²) in [6.07, 6.45) is 8.50. The highest BCUT2D eigenvalue weighted by Crippen LogP contribution is 2.30. The molecule has 0 bridgehead atoms. The molecule has 0 aromatic heterocycles. The van der Waals surface area contributed by atoms with Gasteiger partial charge in [-0.2, -0.15) is 0 Å². The van der Waals surface area contributed by atoms with Crippen LogP contribution in [0.5, 0.6) is 0 Å². The maximum atomic E-state index is 6.18. The molecule has 1 aromatic carbocycles. The van der Waals surface area contributed by atoms with Gasteiger partial charge in [-0.25, -0.2) is 0 Å². The number of hydrogen-bond donors (Lipinski definition) is 1. The zero-order chi connectivity index (χ0) is 11.7. The van der Waals surface area contributed by atoms with Gasteiger partial charge < -0.3 is 5.32 Å². The second-order valence-corrected chi connectivity index (χ2v) is 5.14. The summed E-state index contributed by atoms with van der Waals surface area (Å²) in [6, 6.07) is 6.67. The standard InChI is InChI=1S/C14H15ClN2/c15-14-3-1-2-11-6-10(4-5-13(11)14)7-12-8-16-9-17-12/h1-5,9-10,12H,6-8H2,(H,16,17). The molecule has 0 amide bonds. The Kier molecular flexibility index (Phi) is 2.89. The summed E-state index contributed by atoms with van der Waals surface area (Å²) < 4.78 is 0. The minimum absolute atomic E-state index is 0.505. The van der Waals surface area contributed by atoms with Gasteiger partial charge in [0.2, 0.25) is 0 Å². The van der Waals surface area contributed by atoms with Crippen molar-refractivity contribution in [1.29, 1.82) is 0 Å². The van der Waals surface area contributed by atoms with Crippen molar-refractivity contribution in [2.24, 2.45) is 10.9 Å². The van der Waals surface area contributed by atoms with Crippen molar-refractivity contribution in [3.8, 4) is 0 Å². The van der Waals surface area contributed by atoms with Crippen molar-refractivity contribution >= 4 is 24.0 Å². The highest BCUT2D eigenvalue weighted by atomic mass is 35.5. The molecule has 2 unspecified atom stereocenters. The van der Waals surface area contributed by atoms with E-state index in [2.05, 4.69) is 28.5 Å². The number of rotatable bonds is 2. The molecule has 3 rings (SSSR count). The van der Waals surface area contributed by atoms with Gasteiger partial charge in [0.1, 0.15) is 0 Å². The Morgan fingerprint density at radius 1 is 1.41 bits per heavy atom. The normalized spacial score (nSPS) is 25.7. The fourth-order valence-corrected chi connectivity index (χ4v) is 2.85. The van der Waals surface area contributed by atoms with E-state index in [0.717, 1.165) is 24.4 Å². The van der Waals surface area contributed by atoms with E-state index in [1.54, 1.807) is 0 Å². The van der Waals surface area contributed by atoms with Crippen LogP contribution in [0.3, 0.4) is 0 Å². The highest BCUT2D eigenvalue weighted by molar-refractivity contribution is 6.32. The van der Waals surface area contributed by atoms with Crippen molar-refractivity contribution in [2.45, 2.75) is 18.9 Å². The predicted molar refractivity (Wildman–Crippen MR) is 72.6 cm³/mol. The summed E-state index contributed by atoms with van der Waals surface area (Å²) in [7, 11) is 0. The van der Waals surface area contributed by atoms with Gasteiger partial charge >= 0.3 is 0 Å². The van der Waals surface area contributed by atoms with Crippen LogP contribution in [-0.4, -0.2) is 18.9 Å². The zero-order valence-electron chi connectivity index (χ0n) is 9.57. The molecule has 2 atom stereocenters. The van der Waals surface area contributed by atoms with Gasteiger partial charge in [0, 0.05) is 11.1 Å². The van der Waals surface area contributed by atoms with E-state index >= 15 is 0 Å². The summed E-state index contributed by atoms with van der Waals surface area (Å²) in [4.78, 5) is 4.21. The number of nitrogens with zero attached hydrogens (tertiary/aromatic N) is 1. The van der Waals surface area contributed by atoms with Crippen LogP contribution in [0.1, 0.15) is 17.5 Å². The first-order chi connectivity index (χ1) is 8.33. The molecule has 0 radical (unpaired) electrons. The van der Waals surface area contributed by atoms with Gasteiger partial charge in [0.25, 0.3) is 0 Å². The lowest BCUT2D eigenvalue weighted by Crippen LogP contribution is -2.28. The van der Waals surface area contributed by atoms with Crippen LogP contribution in [0.25, 0.3) is 6.08 Å². The van der Waals surface area contributed by atoms with E-state index in [4.69, 9.17) is 11.6 Å². The summed E-state index contributed by atoms with van der Waals surface area (Å²) in [5.74, 6) is 0.597. The highest BCUT2D eigenvalue weighted by Gasteiger charge is 2.20. The smallest absolute Gasteiger partial charge is 0.0827 e. The molecular weight excluding hydrogens is 232 g/mol. The molecule has 3 heteroatoms. The summed E-state index contributed by atoms with van der Waals surface area (Å²) in [5, 5.41) is 4.15. The van der Waals surface area contributed by atoms with Gasteiger partial charge in [-0.15, -0.1) is 0 Å². The van der Waals surface area contributed by atoms with Crippen LogP contribution in [0.4, 0.5) is 0 Å². The zero-order valence-corrected chi connectivity index (χ0v) is 10.3. The van der Waals surface area contributed by atoms with Gasteiger partial charge in [-0.3, -0.25) is 4.99 Å². The van der Waals surface area contributed by atoms with Crippen molar-refractivity contribution in [1.82, 2.24) is 5.32 Å². The second-order valence-electron chi connectivity index (χ2n) is 4.73. The number of benzene rings is 1. The van der Waals surface area contributed by atoms with Crippen LogP contribution in [0.2, 0.25) is 5.02 Å². The maximum absolute atomic E-state index is 6.18. The molecule has 1 aliphatic carbocycles. The van der Waals surface area contributed by atoms with E-state index in [9.17, 15) is 0 Å². The topological polar surface area (TPSA) is 24.4 Å². The van der Waals surface area contributed by atoms with Crippen molar-refractivity contribution in [3.05, 3.63) is 40.4 Å². The molecule has 1 aromatic rings. The van der Waals surface area contributed by atoms with Crippen LogP contribution in [0.15, 0.2) is 29.3 Å². The fraction of sp³-hybridized carbons (Fsp3) is 0.357. The lowest BCUT2D eigenvalue weighted by atomic mass is 9.86. The number of aliphatic imine (C=N–C) groups is 1. The van der Waals surface area contributed by atoms with Gasteiger partial charge in [0.15, 0.2) is 0 Å². The van der Waals surface area contributed by atoms with E-state index in [1.807, 2.05) is 18.5 Å². The molecule has 2 aliphatic rings. The second kappa shape index (κ2) is 4.53. The Labute approximate surface area is 106 Å². The van der Waals surface area contributed by atoms with E-state index < -0.39 is 0 Å². The third-order valence-electron chi connectivity index (χ3n) is 3.47. The number of allylic oxidation sites excluding steroid dienone is 1. The largest absolute Gasteiger partial charge is 0.372 e. The predicted octanol–water partition coefficient (Wildman–Crippen LogP) is 2.92. The number of halogens is 1. The summed E-state index contributed by atoms with van der Waals surface area (Å²) >= 11 is 6.18. The molecule has 17 heavy (non-hydrogen) atoms. The Morgan fingerprint density at radius 2 is 2.35 bits per heavy atom. The van der Waals surface area contributed by atoms with Crippen LogP contribution >= 0.6 is 11.6 Å². The lowest BCUT2D eigenvalue weighted by Gasteiger charge is -2.22. The molecule has 0 fully saturated rings. The van der Waals surface area contributed by atoms with Crippen molar-refractivity contribution in [3.63, 3.8) is 0 Å². The van der Waals surface area contributed by atoms with E-state index in [1.165, 1.54) is 11.1 Å². The molecule has 1 N–H and O–H groups in total. The quantitative estimate of drug-likeness (QED) is 0.853. The SMILES string of the molecule is Clc1cccc2c1C=CC(CC1CN=CN1)C2. The van der Waals surface area contributed by atoms with E-state index in [0.29, 0.717) is 12.0 Å². The van der Waals surface area contributed by atoms with Crippen molar-refractivity contribution < 1.29 is 0 Å². The molecular formula is C14H15ClN2. The van der Waals surface area contributed by atoms with Crippen LogP contribution in [-0.2, 0) is 6.42 Å². The molecule has 2 nitrogen and oxygen atoms in total. The first-order valence-electron chi connectivity index (χ1n) is 6.03. The van der Waals surface area contributed by atoms with Gasteiger partial charge in [-0.05, 0) is 36.0 Å². The molecule has 1 aliphatic heterocycles. The van der Waals surface area contributed by atoms with Crippen molar-refractivity contribution in [2.75, 3.05) is 6.54 Å². The molecule has 88 valence electrons. The number of hydrogen-bond acceptors (Lipinski definition) is 2. The molecule has 1 heterocycles. The lowest BCUT2D eigenvalue weighted by molar-refractivity contribution is 0.492. The fourth-order valence-electron chi connectivity index (χ4n) is 2.59. The number of fused-ring (bicyclic) bond motifs is 1. The van der Waals surface area contributed by atoms with Gasteiger partial charge in [-0.1, -0.05) is 35.9 Å². The minimum atomic E-state index is 0.505. The summed E-state index contributed by atoms with van der Waals surface area (Å²) in [5.41, 5.74) is 2.56. The van der Waals surface area contributed by atoms with Crippen LogP contribution in [0, 0.1) is 5.92 Å². The third-order valence-corrected chi connectivity index (χ3v) is 3.80. The first kappa shape index (κ1) is 10.8. The van der Waals surface area contributed by atoms with E-state index in [-0.39, 0.29) is 0 Å². The van der Waals surface area contributed by atoms with Crippen LogP contribution < -0.4 is 5.32 Å². The minimum Gasteiger partial charge on any atom is -0.372 e. The summed E-state index contributed by atoms with van der Waals surface area (Å²) in [6.45, 7) is 0.909. The Bertz CT molecular complexity index is 471. The van der Waals surface area contributed by atoms with Gasteiger partial charge in [0.05, 0.1) is 12.9 Å². The molecule has 0 spiro atoms. The third kappa shape index (κ3) is 2.22.